The molecule has 0 atom stereocenters. The number of hydrogen-bond acceptors (Lipinski definition) is 1. The summed E-state index contributed by atoms with van der Waals surface area (Å²) in [5, 5.41) is 5.64. The number of fused-ring (bicyclic) bond motifs is 5. The first-order valence-electron chi connectivity index (χ1n) is 9.89. The fourth-order valence-electron chi connectivity index (χ4n) is 3.57. The number of halogens is 1. The molecule has 1 aliphatic carbocycles. The summed E-state index contributed by atoms with van der Waals surface area (Å²) in [6.07, 6.45) is 8.47. The van der Waals surface area contributed by atoms with Gasteiger partial charge in [0.1, 0.15) is 0 Å². The van der Waals surface area contributed by atoms with Crippen LogP contribution in [-0.2, 0) is 12.8 Å². The van der Waals surface area contributed by atoms with Crippen molar-refractivity contribution in [2.24, 2.45) is 0 Å². The quantitative estimate of drug-likeness (QED) is 0.318. The largest absolute Gasteiger partial charge is 1.00 e. The molecule has 0 spiro atoms. The SMILES string of the molecule is C[CH](C)[Mg+].[Cl-].c1ccc2c(c1)ccc1c3c(ccc12)CCCC3.c1ccoc1. The van der Waals surface area contributed by atoms with Crippen LogP contribution in [0.25, 0.3) is 21.5 Å². The van der Waals surface area contributed by atoms with E-state index in [1.165, 1.54) is 47.2 Å². The molecule has 0 unspecified atom stereocenters. The Morgan fingerprint density at radius 1 is 0.750 bits per heavy atom. The number of hydrogen-bond donors (Lipinski definition) is 0. The molecule has 0 aliphatic heterocycles. The zero-order chi connectivity index (χ0) is 19.1. The summed E-state index contributed by atoms with van der Waals surface area (Å²) in [5.74, 6) is 0. The topological polar surface area (TPSA) is 13.1 Å². The second-order valence-corrected chi connectivity index (χ2v) is 9.11. The van der Waals surface area contributed by atoms with E-state index in [9.17, 15) is 0 Å². The van der Waals surface area contributed by atoms with E-state index in [2.05, 4.69) is 66.8 Å². The molecule has 0 saturated heterocycles. The number of aryl methyl sites for hydroxylation is 2. The molecule has 1 aromatic heterocycles. The smallest absolute Gasteiger partial charge is 0.0902 e. The van der Waals surface area contributed by atoms with Gasteiger partial charge in [0, 0.05) is 0 Å². The van der Waals surface area contributed by atoms with Crippen LogP contribution in [0.15, 0.2) is 77.6 Å². The van der Waals surface area contributed by atoms with E-state index < -0.39 is 0 Å². The third-order valence-electron chi connectivity index (χ3n) is 4.68. The Kier molecular flexibility index (Phi) is 9.37. The molecule has 1 aliphatic rings. The van der Waals surface area contributed by atoms with Crippen molar-refractivity contribution in [3.05, 3.63) is 84.3 Å². The predicted molar refractivity (Wildman–Crippen MR) is 118 cm³/mol. The van der Waals surface area contributed by atoms with Crippen molar-refractivity contribution in [1.82, 2.24) is 0 Å². The number of furan rings is 1. The summed E-state index contributed by atoms with van der Waals surface area (Å²) < 4.78 is 5.44. The van der Waals surface area contributed by atoms with Crippen molar-refractivity contribution in [3.8, 4) is 0 Å². The maximum Gasteiger partial charge on any atom is 0.0902 e. The Labute approximate surface area is 187 Å². The van der Waals surface area contributed by atoms with E-state index in [-0.39, 0.29) is 12.4 Å². The third-order valence-corrected chi connectivity index (χ3v) is 4.68. The van der Waals surface area contributed by atoms with E-state index in [0.29, 0.717) is 0 Å². The van der Waals surface area contributed by atoms with Gasteiger partial charge in [-0.3, -0.25) is 0 Å². The standard InChI is InChI=1S/C18H16.C4H4O.C3H7.ClH.Mg/c1-3-7-15-13(5-1)9-11-18-16-8-4-2-6-14(16)10-12-17(15)18;1-2-4-5-3-1;1-3-2;;/h1,3,5,7,9-12H,2,4,6,8H2;1-4H;3H,1-2H3;1H;/q;;;;+1/p-1. The van der Waals surface area contributed by atoms with Crippen LogP contribution in [0, 0.1) is 0 Å². The number of benzene rings is 3. The first-order chi connectivity index (χ1) is 13.2. The van der Waals surface area contributed by atoms with E-state index >= 15 is 0 Å². The molecule has 4 aromatic rings. The second kappa shape index (κ2) is 11.5. The van der Waals surface area contributed by atoms with Crippen LogP contribution in [0.5, 0.6) is 0 Å². The molecule has 28 heavy (non-hydrogen) atoms. The number of rotatable bonds is 0. The molecule has 0 saturated carbocycles. The third kappa shape index (κ3) is 6.00. The van der Waals surface area contributed by atoms with Crippen LogP contribution in [0.1, 0.15) is 37.8 Å². The van der Waals surface area contributed by atoms with E-state index in [4.69, 9.17) is 0 Å². The molecule has 3 aromatic carbocycles. The molecule has 0 amide bonds. The molecule has 142 valence electrons. The Morgan fingerprint density at radius 2 is 1.39 bits per heavy atom. The van der Waals surface area contributed by atoms with Gasteiger partial charge in [-0.05, 0) is 70.5 Å². The van der Waals surface area contributed by atoms with Crippen molar-refractivity contribution in [1.29, 1.82) is 0 Å². The summed E-state index contributed by atoms with van der Waals surface area (Å²) in [7, 11) is 0. The Balaban J connectivity index is 0.000000236. The van der Waals surface area contributed by atoms with Crippen molar-refractivity contribution in [3.63, 3.8) is 0 Å². The van der Waals surface area contributed by atoms with Crippen LogP contribution in [0.2, 0.25) is 4.05 Å². The zero-order valence-corrected chi connectivity index (χ0v) is 19.0. The zero-order valence-electron chi connectivity index (χ0n) is 16.8. The van der Waals surface area contributed by atoms with Crippen molar-refractivity contribution in [2.45, 2.75) is 43.6 Å². The normalized spacial score (nSPS) is 12.3. The molecule has 0 fully saturated rings. The molecule has 5 rings (SSSR count). The van der Waals surface area contributed by atoms with Crippen LogP contribution in [0.4, 0.5) is 0 Å². The van der Waals surface area contributed by atoms with E-state index in [0.717, 1.165) is 4.05 Å². The van der Waals surface area contributed by atoms with Gasteiger partial charge in [0.2, 0.25) is 0 Å². The van der Waals surface area contributed by atoms with Gasteiger partial charge >= 0.3 is 39.6 Å². The molecular weight excluding hydrogens is 376 g/mol. The van der Waals surface area contributed by atoms with Crippen LogP contribution >= 0.6 is 0 Å². The van der Waals surface area contributed by atoms with Gasteiger partial charge in [-0.1, -0.05) is 48.5 Å². The fourth-order valence-corrected chi connectivity index (χ4v) is 3.57. The Morgan fingerprint density at radius 3 is 2.07 bits per heavy atom. The predicted octanol–water partition coefficient (Wildman–Crippen LogP) is 4.14. The average Bonchev–Trinajstić information content (AvgIpc) is 3.27. The summed E-state index contributed by atoms with van der Waals surface area (Å²) >= 11 is 2.00. The fraction of sp³-hybridized carbons (Fsp3) is 0.280. The Bertz CT molecular complexity index is 957. The van der Waals surface area contributed by atoms with Gasteiger partial charge in [-0.15, -0.1) is 0 Å². The van der Waals surface area contributed by atoms with Gasteiger partial charge in [0.05, 0.1) is 12.5 Å². The van der Waals surface area contributed by atoms with Crippen LogP contribution < -0.4 is 12.4 Å². The minimum Gasteiger partial charge on any atom is -1.00 e. The molecule has 0 radical (unpaired) electrons. The minimum absolute atomic E-state index is 0. The molecular formula is C25H27ClMgO. The molecule has 1 nitrogen and oxygen atoms in total. The average molecular weight is 403 g/mol. The van der Waals surface area contributed by atoms with E-state index in [1.807, 2.05) is 33.8 Å². The molecule has 3 heteroatoms. The van der Waals surface area contributed by atoms with Gasteiger partial charge in [0.25, 0.3) is 0 Å². The van der Waals surface area contributed by atoms with Crippen molar-refractivity contribution in [2.75, 3.05) is 0 Å². The van der Waals surface area contributed by atoms with Gasteiger partial charge in [-0.25, -0.2) is 0 Å². The van der Waals surface area contributed by atoms with Crippen molar-refractivity contribution >= 4 is 43.3 Å². The summed E-state index contributed by atoms with van der Waals surface area (Å²) in [5.41, 5.74) is 3.17. The van der Waals surface area contributed by atoms with Gasteiger partial charge in [-0.2, -0.15) is 0 Å². The monoisotopic (exact) mass is 402 g/mol. The second-order valence-electron chi connectivity index (χ2n) is 7.48. The minimum atomic E-state index is 0. The van der Waals surface area contributed by atoms with Gasteiger partial charge in [0.15, 0.2) is 0 Å². The molecule has 0 bridgehead atoms. The summed E-state index contributed by atoms with van der Waals surface area (Å²) in [4.78, 5) is 0. The maximum atomic E-state index is 4.58. The Hall–Kier alpha value is -1.48. The first kappa shape index (κ1) is 22.8. The summed E-state index contributed by atoms with van der Waals surface area (Å²) in [6.45, 7) is 4.36. The summed E-state index contributed by atoms with van der Waals surface area (Å²) in [6, 6.07) is 21.6. The van der Waals surface area contributed by atoms with Gasteiger partial charge < -0.3 is 16.8 Å². The molecule has 1 heterocycles. The first-order valence-corrected chi connectivity index (χ1v) is 10.7. The van der Waals surface area contributed by atoms with E-state index in [1.54, 1.807) is 23.7 Å². The van der Waals surface area contributed by atoms with Crippen molar-refractivity contribution < 1.29 is 16.8 Å². The van der Waals surface area contributed by atoms with Crippen LogP contribution in [-0.4, -0.2) is 21.7 Å². The maximum absolute atomic E-state index is 4.58. The van der Waals surface area contributed by atoms with Crippen LogP contribution in [0.3, 0.4) is 0 Å². The molecule has 0 N–H and O–H groups in total.